The second-order valence-electron chi connectivity index (χ2n) is 5.50. The molecule has 3 rings (SSSR count). The van der Waals surface area contributed by atoms with E-state index in [0.717, 1.165) is 19.0 Å². The van der Waals surface area contributed by atoms with Crippen LogP contribution >= 0.6 is 15.9 Å². The monoisotopic (exact) mass is 308 g/mol. The van der Waals surface area contributed by atoms with Crippen molar-refractivity contribution in [3.8, 4) is 0 Å². The van der Waals surface area contributed by atoms with Gasteiger partial charge in [0, 0.05) is 36.7 Å². The van der Waals surface area contributed by atoms with E-state index in [4.69, 9.17) is 0 Å². The minimum Gasteiger partial charge on any atom is -0.314 e. The molecule has 0 unspecified atom stereocenters. The van der Waals surface area contributed by atoms with E-state index in [1.54, 1.807) is 0 Å². The fourth-order valence-corrected chi connectivity index (χ4v) is 3.43. The number of hydrogen-bond donors (Lipinski definition) is 1. The van der Waals surface area contributed by atoms with Crippen molar-refractivity contribution in [3.05, 3.63) is 34.3 Å². The van der Waals surface area contributed by atoms with E-state index in [9.17, 15) is 0 Å². The van der Waals surface area contributed by atoms with Gasteiger partial charge >= 0.3 is 0 Å². The highest BCUT2D eigenvalue weighted by molar-refractivity contribution is 9.10. The van der Waals surface area contributed by atoms with Gasteiger partial charge in [-0.25, -0.2) is 0 Å². The minimum atomic E-state index is 0.607. The second-order valence-corrected chi connectivity index (χ2v) is 6.36. The molecule has 18 heavy (non-hydrogen) atoms. The Morgan fingerprint density at radius 2 is 1.94 bits per heavy atom. The maximum Gasteiger partial charge on any atom is 0.0363 e. The Morgan fingerprint density at radius 3 is 2.61 bits per heavy atom. The van der Waals surface area contributed by atoms with Gasteiger partial charge in [-0.15, -0.1) is 0 Å². The Balaban J connectivity index is 1.81. The Labute approximate surface area is 118 Å². The van der Waals surface area contributed by atoms with Crippen LogP contribution in [0.1, 0.15) is 30.9 Å². The van der Waals surface area contributed by atoms with Crippen molar-refractivity contribution >= 4 is 15.9 Å². The van der Waals surface area contributed by atoms with Crippen LogP contribution in [0, 0.1) is 5.92 Å². The average Bonchev–Trinajstić information content (AvgIpc) is 3.22. The summed E-state index contributed by atoms with van der Waals surface area (Å²) < 4.78 is 1.27. The molecule has 2 aliphatic rings. The molecule has 0 radical (unpaired) electrons. The second kappa shape index (κ2) is 5.72. The third-order valence-electron chi connectivity index (χ3n) is 4.11. The molecule has 1 heterocycles. The third kappa shape index (κ3) is 2.95. The first-order valence-corrected chi connectivity index (χ1v) is 7.83. The Morgan fingerprint density at radius 1 is 1.22 bits per heavy atom. The first-order valence-electron chi connectivity index (χ1n) is 7.04. The summed E-state index contributed by atoms with van der Waals surface area (Å²) in [6.45, 7) is 4.62. The van der Waals surface area contributed by atoms with Crippen LogP contribution in [0.2, 0.25) is 0 Å². The number of nitrogens with one attached hydrogen (secondary N) is 1. The van der Waals surface area contributed by atoms with Crippen molar-refractivity contribution < 1.29 is 0 Å². The standard InChI is InChI=1S/C15H21BrN2/c16-14-4-2-1-3-13(14)15(11-12-5-6-12)18-9-7-17-8-10-18/h1-4,12,15,17H,5-11H2/t15-/m0/s1. The Hall–Kier alpha value is -0.380. The molecule has 1 aliphatic heterocycles. The quantitative estimate of drug-likeness (QED) is 0.919. The van der Waals surface area contributed by atoms with Gasteiger partial charge in [0.15, 0.2) is 0 Å². The van der Waals surface area contributed by atoms with E-state index >= 15 is 0 Å². The summed E-state index contributed by atoms with van der Waals surface area (Å²) >= 11 is 3.73. The van der Waals surface area contributed by atoms with E-state index in [2.05, 4.69) is 50.4 Å². The zero-order valence-corrected chi connectivity index (χ0v) is 12.3. The smallest absolute Gasteiger partial charge is 0.0363 e. The van der Waals surface area contributed by atoms with Crippen LogP contribution in [0.25, 0.3) is 0 Å². The summed E-state index contributed by atoms with van der Waals surface area (Å²) in [6, 6.07) is 9.35. The lowest BCUT2D eigenvalue weighted by Gasteiger charge is -2.36. The number of rotatable bonds is 4. The predicted molar refractivity (Wildman–Crippen MR) is 78.7 cm³/mol. The van der Waals surface area contributed by atoms with Crippen molar-refractivity contribution in [2.75, 3.05) is 26.2 Å². The molecular formula is C15H21BrN2. The molecule has 1 atom stereocenters. The van der Waals surface area contributed by atoms with Crippen molar-refractivity contribution in [3.63, 3.8) is 0 Å². The van der Waals surface area contributed by atoms with Gasteiger partial charge in [0.05, 0.1) is 0 Å². The number of benzene rings is 1. The normalized spacial score (nSPS) is 22.9. The topological polar surface area (TPSA) is 15.3 Å². The molecule has 2 fully saturated rings. The zero-order chi connectivity index (χ0) is 12.4. The molecule has 1 saturated heterocycles. The molecule has 0 amide bonds. The molecule has 1 aromatic carbocycles. The molecule has 1 saturated carbocycles. The molecule has 0 aromatic heterocycles. The van der Waals surface area contributed by atoms with Crippen LogP contribution in [-0.4, -0.2) is 31.1 Å². The van der Waals surface area contributed by atoms with Crippen LogP contribution in [0.3, 0.4) is 0 Å². The molecule has 0 spiro atoms. The van der Waals surface area contributed by atoms with Crippen molar-refractivity contribution in [1.29, 1.82) is 0 Å². The maximum atomic E-state index is 3.73. The Bertz CT molecular complexity index is 397. The molecule has 3 heteroatoms. The molecule has 0 bridgehead atoms. The summed E-state index contributed by atoms with van der Waals surface area (Å²) in [5.41, 5.74) is 1.48. The van der Waals surface area contributed by atoms with E-state index in [0.29, 0.717) is 6.04 Å². The first kappa shape index (κ1) is 12.6. The fraction of sp³-hybridized carbons (Fsp3) is 0.600. The fourth-order valence-electron chi connectivity index (χ4n) is 2.88. The van der Waals surface area contributed by atoms with Gasteiger partial charge in [-0.05, 0) is 24.0 Å². The molecule has 2 nitrogen and oxygen atoms in total. The van der Waals surface area contributed by atoms with Crippen LogP contribution in [-0.2, 0) is 0 Å². The molecule has 1 aliphatic carbocycles. The third-order valence-corrected chi connectivity index (χ3v) is 4.83. The first-order chi connectivity index (χ1) is 8.84. The molecule has 1 aromatic rings. The lowest BCUT2D eigenvalue weighted by molar-refractivity contribution is 0.160. The maximum absolute atomic E-state index is 3.73. The number of nitrogens with zero attached hydrogens (tertiary/aromatic N) is 1. The van der Waals surface area contributed by atoms with Gasteiger partial charge in [0.25, 0.3) is 0 Å². The highest BCUT2D eigenvalue weighted by Crippen LogP contribution is 2.41. The van der Waals surface area contributed by atoms with Crippen LogP contribution in [0.15, 0.2) is 28.7 Å². The lowest BCUT2D eigenvalue weighted by Crippen LogP contribution is -2.45. The number of hydrogen-bond acceptors (Lipinski definition) is 2. The summed E-state index contributed by atoms with van der Waals surface area (Å²) in [6.07, 6.45) is 4.21. The highest BCUT2D eigenvalue weighted by atomic mass is 79.9. The molecule has 98 valence electrons. The average molecular weight is 309 g/mol. The molecule has 1 N–H and O–H groups in total. The minimum absolute atomic E-state index is 0.607. The summed E-state index contributed by atoms with van der Waals surface area (Å²) in [4.78, 5) is 2.66. The zero-order valence-electron chi connectivity index (χ0n) is 10.7. The summed E-state index contributed by atoms with van der Waals surface area (Å²) in [7, 11) is 0. The van der Waals surface area contributed by atoms with Gasteiger partial charge in [-0.1, -0.05) is 47.0 Å². The van der Waals surface area contributed by atoms with Crippen LogP contribution in [0.4, 0.5) is 0 Å². The molecular weight excluding hydrogens is 288 g/mol. The van der Waals surface area contributed by atoms with Gasteiger partial charge in [-0.3, -0.25) is 4.90 Å². The highest BCUT2D eigenvalue weighted by Gasteiger charge is 2.31. The number of piperazine rings is 1. The van der Waals surface area contributed by atoms with Crippen LogP contribution in [0.5, 0.6) is 0 Å². The van der Waals surface area contributed by atoms with Gasteiger partial charge in [0.1, 0.15) is 0 Å². The van der Waals surface area contributed by atoms with E-state index < -0.39 is 0 Å². The summed E-state index contributed by atoms with van der Waals surface area (Å²) in [5, 5.41) is 3.45. The largest absolute Gasteiger partial charge is 0.314 e. The van der Waals surface area contributed by atoms with Gasteiger partial charge < -0.3 is 5.32 Å². The lowest BCUT2D eigenvalue weighted by atomic mass is 9.99. The van der Waals surface area contributed by atoms with Crippen molar-refractivity contribution in [2.45, 2.75) is 25.3 Å². The van der Waals surface area contributed by atoms with E-state index in [1.165, 1.54) is 42.4 Å². The number of halogens is 1. The van der Waals surface area contributed by atoms with Crippen LogP contribution < -0.4 is 5.32 Å². The van der Waals surface area contributed by atoms with Crippen molar-refractivity contribution in [2.24, 2.45) is 5.92 Å². The predicted octanol–water partition coefficient (Wildman–Crippen LogP) is 3.20. The van der Waals surface area contributed by atoms with Crippen molar-refractivity contribution in [1.82, 2.24) is 10.2 Å². The van der Waals surface area contributed by atoms with E-state index in [-0.39, 0.29) is 0 Å². The van der Waals surface area contributed by atoms with Gasteiger partial charge in [-0.2, -0.15) is 0 Å². The Kier molecular flexibility index (Phi) is 4.02. The van der Waals surface area contributed by atoms with Gasteiger partial charge in [0.2, 0.25) is 0 Å². The summed E-state index contributed by atoms with van der Waals surface area (Å²) in [5.74, 6) is 0.969. The SMILES string of the molecule is Brc1ccccc1[C@H](CC1CC1)N1CCNCC1. The van der Waals surface area contributed by atoms with E-state index in [1.807, 2.05) is 0 Å².